The summed E-state index contributed by atoms with van der Waals surface area (Å²) in [4.78, 5) is 16.9. The summed E-state index contributed by atoms with van der Waals surface area (Å²) in [5.74, 6) is 1.66. The van der Waals surface area contributed by atoms with Crippen LogP contribution in [0.25, 0.3) is 44.9 Å². The lowest BCUT2D eigenvalue weighted by Crippen LogP contribution is -2.53. The molecule has 0 bridgehead atoms. The summed E-state index contributed by atoms with van der Waals surface area (Å²) in [6, 6.07) is 21.4. The number of anilines is 2. The molecule has 4 atom stereocenters. The molecule has 6 aromatic rings. The molecule has 0 aliphatic carbocycles. The number of hydrogen-bond acceptors (Lipinski definition) is 9. The van der Waals surface area contributed by atoms with Gasteiger partial charge < -0.3 is 9.80 Å². The SMILES string of the molecule is CC1CN(c2n[nH]c(-c3ccc(Cl)cc3)c2-c2ccncn2)CC(Cl)N1.Clc1ccc(-c2[nH]nc(N3CC(Cl)NC(Cl)C3)c2-c2ccncc2)cc1. The number of benzene rings is 2. The van der Waals surface area contributed by atoms with Crippen LogP contribution in [0.4, 0.5) is 11.6 Å². The van der Waals surface area contributed by atoms with Crippen LogP contribution in [0, 0.1) is 0 Å². The van der Waals surface area contributed by atoms with Crippen LogP contribution in [0.5, 0.6) is 0 Å². The van der Waals surface area contributed by atoms with Crippen molar-refractivity contribution in [2.24, 2.45) is 0 Å². The predicted octanol–water partition coefficient (Wildman–Crippen LogP) is 7.88. The van der Waals surface area contributed by atoms with Crippen LogP contribution in [-0.2, 0) is 0 Å². The molecule has 0 radical (unpaired) electrons. The molecule has 52 heavy (non-hydrogen) atoms. The van der Waals surface area contributed by atoms with Crippen molar-refractivity contribution in [3.63, 3.8) is 0 Å². The largest absolute Gasteiger partial charge is 0.350 e. The molecule has 4 aromatic heterocycles. The molecule has 0 amide bonds. The molecule has 2 fully saturated rings. The summed E-state index contributed by atoms with van der Waals surface area (Å²) in [6.07, 6.45) is 6.81. The van der Waals surface area contributed by atoms with Crippen LogP contribution in [0.2, 0.25) is 10.0 Å². The van der Waals surface area contributed by atoms with E-state index in [0.717, 1.165) is 63.1 Å². The molecule has 2 aliphatic heterocycles. The van der Waals surface area contributed by atoms with E-state index in [1.165, 1.54) is 0 Å². The zero-order valence-electron chi connectivity index (χ0n) is 27.8. The number of aromatic nitrogens is 7. The number of hydrogen-bond donors (Lipinski definition) is 4. The molecule has 2 aliphatic rings. The molecule has 4 unspecified atom stereocenters. The summed E-state index contributed by atoms with van der Waals surface area (Å²) >= 11 is 31.0. The number of nitrogens with zero attached hydrogens (tertiary/aromatic N) is 7. The highest BCUT2D eigenvalue weighted by Gasteiger charge is 2.30. The van der Waals surface area contributed by atoms with Crippen LogP contribution in [0.3, 0.4) is 0 Å². The molecule has 16 heteroatoms. The first kappa shape index (κ1) is 36.4. The van der Waals surface area contributed by atoms with Gasteiger partial charge in [-0.3, -0.25) is 25.8 Å². The quantitative estimate of drug-likeness (QED) is 0.0984. The lowest BCUT2D eigenvalue weighted by molar-refractivity contribution is 0.455. The van der Waals surface area contributed by atoms with Crippen molar-refractivity contribution in [3.8, 4) is 44.9 Å². The van der Waals surface area contributed by atoms with E-state index in [1.54, 1.807) is 24.9 Å². The fraction of sp³-hybridized carbons (Fsp3) is 0.250. The molecule has 11 nitrogen and oxygen atoms in total. The van der Waals surface area contributed by atoms with Crippen molar-refractivity contribution in [1.29, 1.82) is 0 Å². The number of pyridine rings is 1. The third-order valence-electron chi connectivity index (χ3n) is 8.63. The van der Waals surface area contributed by atoms with Crippen LogP contribution < -0.4 is 20.4 Å². The minimum absolute atomic E-state index is 0.132. The van der Waals surface area contributed by atoms with Crippen molar-refractivity contribution in [1.82, 2.24) is 46.0 Å². The Hall–Kier alpha value is -3.94. The van der Waals surface area contributed by atoms with E-state index in [1.807, 2.05) is 66.7 Å². The predicted molar refractivity (Wildman–Crippen MR) is 211 cm³/mol. The average Bonchev–Trinajstić information content (AvgIpc) is 3.79. The molecule has 2 aromatic carbocycles. The lowest BCUT2D eigenvalue weighted by atomic mass is 10.0. The van der Waals surface area contributed by atoms with Gasteiger partial charge in [-0.05, 0) is 55.0 Å². The normalized spacial score (nSPS) is 20.3. The summed E-state index contributed by atoms with van der Waals surface area (Å²) < 4.78 is 0. The van der Waals surface area contributed by atoms with E-state index in [4.69, 9.17) is 58.0 Å². The van der Waals surface area contributed by atoms with Gasteiger partial charge in [0.1, 0.15) is 22.8 Å². The summed E-state index contributed by atoms with van der Waals surface area (Å²) in [5.41, 5.74) is 6.94. The molecular formula is C36H34Cl5N11. The van der Waals surface area contributed by atoms with E-state index in [-0.39, 0.29) is 22.5 Å². The molecule has 8 rings (SSSR count). The molecule has 0 spiro atoms. The first-order valence-electron chi connectivity index (χ1n) is 16.5. The molecular weight excluding hydrogens is 764 g/mol. The van der Waals surface area contributed by atoms with E-state index in [0.29, 0.717) is 29.7 Å². The Morgan fingerprint density at radius 1 is 0.577 bits per heavy atom. The number of H-pyrrole nitrogens is 2. The van der Waals surface area contributed by atoms with E-state index in [9.17, 15) is 0 Å². The molecule has 268 valence electrons. The van der Waals surface area contributed by atoms with Gasteiger partial charge in [-0.15, -0.1) is 34.8 Å². The van der Waals surface area contributed by atoms with Gasteiger partial charge in [-0.1, -0.05) is 47.5 Å². The van der Waals surface area contributed by atoms with Crippen molar-refractivity contribution in [2.75, 3.05) is 36.0 Å². The van der Waals surface area contributed by atoms with Crippen LogP contribution >= 0.6 is 58.0 Å². The highest BCUT2D eigenvalue weighted by molar-refractivity contribution is 6.31. The van der Waals surface area contributed by atoms with Crippen LogP contribution in [-0.4, -0.2) is 84.1 Å². The molecule has 6 heterocycles. The van der Waals surface area contributed by atoms with Gasteiger partial charge in [-0.25, -0.2) is 9.97 Å². The standard InChI is InChI=1S/C18H16Cl3N5.C18H18Cl2N6/c19-13-3-1-12(2-4-13)17-16(11-5-7-22-8-6-11)18(25-24-17)26-9-14(20)23-15(21)10-26;1-11-8-26(9-15(20)23-11)18-16(14-6-7-21-10-22-14)17(24-25-18)12-2-4-13(19)5-3-12/h1-8,14-15,23H,9-10H2,(H,24,25);2-7,10-11,15,23H,8-9H2,1H3,(H,24,25). The smallest absolute Gasteiger partial charge is 0.160 e. The Kier molecular flexibility index (Phi) is 11.5. The highest BCUT2D eigenvalue weighted by Crippen LogP contribution is 2.40. The summed E-state index contributed by atoms with van der Waals surface area (Å²) in [5, 5.41) is 23.4. The maximum Gasteiger partial charge on any atom is 0.160 e. The van der Waals surface area contributed by atoms with Crippen molar-refractivity contribution < 1.29 is 0 Å². The second-order valence-corrected chi connectivity index (χ2v) is 14.8. The van der Waals surface area contributed by atoms with Gasteiger partial charge in [-0.2, -0.15) is 10.2 Å². The van der Waals surface area contributed by atoms with Crippen LogP contribution in [0.15, 0.2) is 91.6 Å². The van der Waals surface area contributed by atoms with Gasteiger partial charge in [0, 0.05) is 72.0 Å². The van der Waals surface area contributed by atoms with Gasteiger partial charge in [0.25, 0.3) is 0 Å². The van der Waals surface area contributed by atoms with E-state index >= 15 is 0 Å². The number of alkyl halides is 3. The Bertz CT molecular complexity index is 1890. The molecule has 2 saturated heterocycles. The first-order chi connectivity index (χ1) is 25.2. The Morgan fingerprint density at radius 2 is 1.08 bits per heavy atom. The van der Waals surface area contributed by atoms with Crippen molar-refractivity contribution in [2.45, 2.75) is 29.5 Å². The van der Waals surface area contributed by atoms with Gasteiger partial charge in [0.15, 0.2) is 11.6 Å². The van der Waals surface area contributed by atoms with E-state index < -0.39 is 0 Å². The maximum atomic E-state index is 6.36. The third-order valence-corrected chi connectivity index (χ3v) is 9.93. The number of halogens is 5. The van der Waals surface area contributed by atoms with Crippen molar-refractivity contribution in [3.05, 3.63) is 102 Å². The topological polar surface area (TPSA) is 127 Å². The minimum atomic E-state index is -0.243. The fourth-order valence-electron chi connectivity index (χ4n) is 6.37. The van der Waals surface area contributed by atoms with Crippen LogP contribution in [0.1, 0.15) is 6.92 Å². The molecule has 4 N–H and O–H groups in total. The maximum absolute atomic E-state index is 6.36. The fourth-order valence-corrected chi connectivity index (χ4v) is 7.70. The monoisotopic (exact) mass is 795 g/mol. The van der Waals surface area contributed by atoms with Gasteiger partial charge in [0.2, 0.25) is 0 Å². The number of nitrogens with one attached hydrogen (secondary N) is 4. The second-order valence-electron chi connectivity index (χ2n) is 12.4. The zero-order valence-corrected chi connectivity index (χ0v) is 31.6. The highest BCUT2D eigenvalue weighted by atomic mass is 35.5. The average molecular weight is 798 g/mol. The Morgan fingerprint density at radius 3 is 1.62 bits per heavy atom. The van der Waals surface area contributed by atoms with Crippen molar-refractivity contribution >= 4 is 69.6 Å². The number of piperazine rings is 2. The Balaban J connectivity index is 0.000000162. The second kappa shape index (κ2) is 16.4. The molecule has 0 saturated carbocycles. The summed E-state index contributed by atoms with van der Waals surface area (Å²) in [6.45, 7) is 4.79. The van der Waals surface area contributed by atoms with Gasteiger partial charge in [0.05, 0.1) is 28.2 Å². The lowest BCUT2D eigenvalue weighted by Gasteiger charge is -2.35. The summed E-state index contributed by atoms with van der Waals surface area (Å²) in [7, 11) is 0. The van der Waals surface area contributed by atoms with Gasteiger partial charge >= 0.3 is 0 Å². The number of rotatable bonds is 6. The third kappa shape index (κ3) is 8.31. The minimum Gasteiger partial charge on any atom is -0.350 e. The Labute approximate surface area is 326 Å². The number of aromatic amines is 2. The zero-order chi connectivity index (χ0) is 36.2. The first-order valence-corrected chi connectivity index (χ1v) is 18.6. The van der Waals surface area contributed by atoms with E-state index in [2.05, 4.69) is 62.7 Å².